The van der Waals surface area contributed by atoms with Crippen LogP contribution in [0.15, 0.2) is 73.3 Å². The van der Waals surface area contributed by atoms with Crippen LogP contribution in [0.3, 0.4) is 0 Å². The Kier molecular flexibility index (Phi) is 4.74. The fourth-order valence-corrected chi connectivity index (χ4v) is 3.50. The van der Waals surface area contributed by atoms with Gasteiger partial charge in [0.05, 0.1) is 23.7 Å². The summed E-state index contributed by atoms with van der Waals surface area (Å²) in [6.45, 7) is 1.62. The van der Waals surface area contributed by atoms with Crippen molar-refractivity contribution >= 4 is 17.2 Å². The first-order chi connectivity index (χ1) is 15.5. The molecule has 2 aromatic carbocycles. The number of amides is 1. The van der Waals surface area contributed by atoms with Crippen molar-refractivity contribution in [2.24, 2.45) is 0 Å². The van der Waals surface area contributed by atoms with Crippen molar-refractivity contribution in [1.82, 2.24) is 19.6 Å². The van der Waals surface area contributed by atoms with Crippen molar-refractivity contribution in [3.05, 3.63) is 96.1 Å². The monoisotopic (exact) mass is 429 g/mol. The van der Waals surface area contributed by atoms with Gasteiger partial charge in [-0.3, -0.25) is 14.3 Å². The van der Waals surface area contributed by atoms with Gasteiger partial charge < -0.3 is 5.32 Å². The van der Waals surface area contributed by atoms with Crippen LogP contribution in [0, 0.1) is 18.6 Å². The lowest BCUT2D eigenvalue weighted by Gasteiger charge is -2.09. The molecule has 0 aliphatic carbocycles. The molecule has 0 bridgehead atoms. The normalized spacial score (nSPS) is 11.1. The molecule has 0 saturated carbocycles. The Bertz CT molecular complexity index is 1460. The maximum absolute atomic E-state index is 14.9. The molecular weight excluding hydrogens is 412 g/mol. The smallest absolute Gasteiger partial charge is 0.258 e. The molecular formula is C24H17F2N5O. The van der Waals surface area contributed by atoms with E-state index in [-0.39, 0.29) is 11.3 Å². The molecule has 3 aromatic heterocycles. The van der Waals surface area contributed by atoms with Crippen molar-refractivity contribution < 1.29 is 13.6 Å². The summed E-state index contributed by atoms with van der Waals surface area (Å²) < 4.78 is 30.4. The van der Waals surface area contributed by atoms with Gasteiger partial charge in [0.1, 0.15) is 17.3 Å². The van der Waals surface area contributed by atoms with Crippen LogP contribution >= 0.6 is 0 Å². The SMILES string of the molecule is Cc1ccc(NC(=O)c2ccc(-c3cnc4ccc(-c5cn[nH]c5)cn34)cc2F)cc1F. The number of aryl methyl sites for hydroxylation is 1. The standard InChI is InChI=1S/C24H17F2N5O/c1-14-2-5-18(9-20(14)25)30-24(32)19-6-3-15(8-21(19)26)22-12-27-23-7-4-16(13-31(22)23)17-10-28-29-11-17/h2-13H,1H3,(H,28,29)(H,30,32). The molecule has 0 aliphatic heterocycles. The number of anilines is 1. The molecule has 32 heavy (non-hydrogen) atoms. The fourth-order valence-electron chi connectivity index (χ4n) is 3.50. The van der Waals surface area contributed by atoms with E-state index in [0.717, 1.165) is 11.1 Å². The summed E-state index contributed by atoms with van der Waals surface area (Å²) in [5.74, 6) is -1.78. The quantitative estimate of drug-likeness (QED) is 0.411. The summed E-state index contributed by atoms with van der Waals surface area (Å²) in [4.78, 5) is 16.9. The lowest BCUT2D eigenvalue weighted by Crippen LogP contribution is -2.14. The lowest BCUT2D eigenvalue weighted by atomic mass is 10.1. The van der Waals surface area contributed by atoms with E-state index in [0.29, 0.717) is 22.5 Å². The van der Waals surface area contributed by atoms with Crippen molar-refractivity contribution in [2.45, 2.75) is 6.92 Å². The minimum atomic E-state index is -0.687. The predicted molar refractivity (Wildman–Crippen MR) is 117 cm³/mol. The van der Waals surface area contributed by atoms with Gasteiger partial charge in [-0.1, -0.05) is 12.1 Å². The number of imidazole rings is 1. The second kappa shape index (κ2) is 7.73. The minimum absolute atomic E-state index is 0.136. The van der Waals surface area contributed by atoms with Crippen LogP contribution < -0.4 is 5.32 Å². The fraction of sp³-hybridized carbons (Fsp3) is 0.0417. The summed E-state index contributed by atoms with van der Waals surface area (Å²) in [5.41, 5.74) is 4.37. The topological polar surface area (TPSA) is 75.1 Å². The zero-order valence-corrected chi connectivity index (χ0v) is 16.9. The van der Waals surface area contributed by atoms with Gasteiger partial charge >= 0.3 is 0 Å². The van der Waals surface area contributed by atoms with Gasteiger partial charge in [-0.2, -0.15) is 5.10 Å². The zero-order chi connectivity index (χ0) is 22.2. The number of hydrogen-bond acceptors (Lipinski definition) is 3. The molecule has 8 heteroatoms. The number of rotatable bonds is 4. The van der Waals surface area contributed by atoms with Gasteiger partial charge in [0, 0.05) is 34.8 Å². The lowest BCUT2D eigenvalue weighted by molar-refractivity contribution is 0.102. The Hall–Kier alpha value is -4.33. The van der Waals surface area contributed by atoms with Crippen molar-refractivity contribution in [3.8, 4) is 22.4 Å². The molecule has 0 spiro atoms. The Morgan fingerprint density at radius 3 is 2.56 bits per heavy atom. The van der Waals surface area contributed by atoms with E-state index >= 15 is 0 Å². The van der Waals surface area contributed by atoms with Gasteiger partial charge in [0.2, 0.25) is 0 Å². The van der Waals surface area contributed by atoms with Gasteiger partial charge in [-0.15, -0.1) is 0 Å². The molecule has 1 amide bonds. The number of nitrogens with one attached hydrogen (secondary N) is 2. The molecule has 0 aliphatic rings. The molecule has 0 atom stereocenters. The van der Waals surface area contributed by atoms with E-state index in [1.807, 2.05) is 22.7 Å². The van der Waals surface area contributed by atoms with Gasteiger partial charge in [-0.25, -0.2) is 13.8 Å². The first-order valence-corrected chi connectivity index (χ1v) is 9.83. The molecule has 5 aromatic rings. The van der Waals surface area contributed by atoms with Crippen LogP contribution in [0.5, 0.6) is 0 Å². The highest BCUT2D eigenvalue weighted by Gasteiger charge is 2.15. The molecule has 0 unspecified atom stereocenters. The summed E-state index contributed by atoms with van der Waals surface area (Å²) in [6, 6.07) is 12.5. The third kappa shape index (κ3) is 3.51. The van der Waals surface area contributed by atoms with Gasteiger partial charge in [0.15, 0.2) is 0 Å². The van der Waals surface area contributed by atoms with E-state index in [1.165, 1.54) is 18.2 Å². The average molecular weight is 429 g/mol. The highest BCUT2D eigenvalue weighted by molar-refractivity contribution is 6.04. The first-order valence-electron chi connectivity index (χ1n) is 9.83. The second-order valence-corrected chi connectivity index (χ2v) is 7.39. The first kappa shape index (κ1) is 19.6. The van der Waals surface area contributed by atoms with Crippen molar-refractivity contribution in [3.63, 3.8) is 0 Å². The highest BCUT2D eigenvalue weighted by atomic mass is 19.1. The number of benzene rings is 2. The molecule has 3 heterocycles. The largest absolute Gasteiger partial charge is 0.322 e. The maximum atomic E-state index is 14.9. The predicted octanol–water partition coefficient (Wildman–Crippen LogP) is 5.23. The van der Waals surface area contributed by atoms with E-state index in [4.69, 9.17) is 0 Å². The number of pyridine rings is 1. The molecule has 0 radical (unpaired) electrons. The third-order valence-corrected chi connectivity index (χ3v) is 5.28. The Labute approximate surface area is 181 Å². The number of carbonyl (C=O) groups is 1. The Morgan fingerprint density at radius 1 is 0.969 bits per heavy atom. The summed E-state index contributed by atoms with van der Waals surface area (Å²) >= 11 is 0. The van der Waals surface area contributed by atoms with Crippen molar-refractivity contribution in [2.75, 3.05) is 5.32 Å². The van der Waals surface area contributed by atoms with Gasteiger partial charge in [0.25, 0.3) is 5.91 Å². The second-order valence-electron chi connectivity index (χ2n) is 7.39. The van der Waals surface area contributed by atoms with Crippen LogP contribution in [0.25, 0.3) is 28.0 Å². The van der Waals surface area contributed by atoms with Crippen molar-refractivity contribution in [1.29, 1.82) is 0 Å². The molecule has 0 saturated heterocycles. The molecule has 158 valence electrons. The van der Waals surface area contributed by atoms with Crippen LogP contribution in [0.1, 0.15) is 15.9 Å². The number of aromatic amines is 1. The number of aromatic nitrogens is 4. The number of H-pyrrole nitrogens is 1. The van der Waals surface area contributed by atoms with Crippen LogP contribution in [-0.2, 0) is 0 Å². The average Bonchev–Trinajstić information content (AvgIpc) is 3.46. The third-order valence-electron chi connectivity index (χ3n) is 5.28. The summed E-state index contributed by atoms with van der Waals surface area (Å²) in [7, 11) is 0. The zero-order valence-electron chi connectivity index (χ0n) is 16.9. The number of carbonyl (C=O) groups excluding carboxylic acids is 1. The van der Waals surface area contributed by atoms with Crippen LogP contribution in [0.4, 0.5) is 14.5 Å². The Balaban J connectivity index is 1.46. The maximum Gasteiger partial charge on any atom is 0.258 e. The molecule has 6 nitrogen and oxygen atoms in total. The number of nitrogens with zero attached hydrogens (tertiary/aromatic N) is 3. The van der Waals surface area contributed by atoms with E-state index in [2.05, 4.69) is 20.5 Å². The van der Waals surface area contributed by atoms with Crippen LogP contribution in [0.2, 0.25) is 0 Å². The molecule has 5 rings (SSSR count). The van der Waals surface area contributed by atoms with Crippen LogP contribution in [-0.4, -0.2) is 25.5 Å². The Morgan fingerprint density at radius 2 is 1.81 bits per heavy atom. The number of fused-ring (bicyclic) bond motifs is 1. The van der Waals surface area contributed by atoms with E-state index < -0.39 is 17.5 Å². The highest BCUT2D eigenvalue weighted by Crippen LogP contribution is 2.26. The molecule has 2 N–H and O–H groups in total. The molecule has 0 fully saturated rings. The number of hydrogen-bond donors (Lipinski definition) is 2. The summed E-state index contributed by atoms with van der Waals surface area (Å²) in [6.07, 6.45) is 7.04. The van der Waals surface area contributed by atoms with E-state index in [1.54, 1.807) is 43.7 Å². The van der Waals surface area contributed by atoms with Gasteiger partial charge in [-0.05, 0) is 48.9 Å². The summed E-state index contributed by atoms with van der Waals surface area (Å²) in [5, 5.41) is 9.27. The van der Waals surface area contributed by atoms with E-state index in [9.17, 15) is 13.6 Å². The number of halogens is 2. The minimum Gasteiger partial charge on any atom is -0.322 e.